The molecule has 4 aromatic rings. The monoisotopic (exact) mass is 1010 g/mol. The number of nitrogen functional groups attached to an aromatic ring is 1. The molecule has 22 nitrogen and oxygen atoms in total. The number of hydrogen-bond donors (Lipinski definition) is 10. The van der Waals surface area contributed by atoms with Crippen LogP contribution in [-0.4, -0.2) is 121 Å². The van der Waals surface area contributed by atoms with Crippen LogP contribution < -0.4 is 52.5 Å². The third-order valence-electron chi connectivity index (χ3n) is 12.1. The van der Waals surface area contributed by atoms with E-state index in [2.05, 4.69) is 25.9 Å². The number of aliphatic carboxylic acids is 1. The van der Waals surface area contributed by atoms with Crippen LogP contribution in [-0.2, 0) is 41.2 Å². The number of halogens is 1. The minimum Gasteiger partial charge on any atom is -0.504 e. The van der Waals surface area contributed by atoms with Gasteiger partial charge in [-0.05, 0) is 105 Å². The van der Waals surface area contributed by atoms with E-state index in [4.69, 9.17) is 31.8 Å². The number of hydrogen-bond acceptors (Lipinski definition) is 15. The zero-order valence-corrected chi connectivity index (χ0v) is 41.1. The maximum Gasteiger partial charge on any atom is 0.326 e. The van der Waals surface area contributed by atoms with E-state index in [9.17, 15) is 42.6 Å². The van der Waals surface area contributed by atoms with Crippen molar-refractivity contribution in [1.82, 2.24) is 35.5 Å². The summed E-state index contributed by atoms with van der Waals surface area (Å²) in [7, 11) is -3.39. The number of likely N-dealkylation sites (N-methyl/N-ethyl adjacent to an activating group) is 1. The number of aromatic nitrogens is 2. The molecule has 24 heteroatoms. The number of phenols is 1. The number of nitrogens with zero attached hydrogens (tertiary/aromatic N) is 3. The van der Waals surface area contributed by atoms with Crippen molar-refractivity contribution >= 4 is 45.6 Å². The summed E-state index contributed by atoms with van der Waals surface area (Å²) < 4.78 is 54.1. The number of carboxylic acids is 1. The van der Waals surface area contributed by atoms with E-state index in [-0.39, 0.29) is 89.0 Å². The molecule has 0 aliphatic carbocycles. The quantitative estimate of drug-likeness (QED) is 0.0594. The van der Waals surface area contributed by atoms with Gasteiger partial charge in [0.15, 0.2) is 17.3 Å². The topological polar surface area (TPSA) is 360 Å². The Bertz CT molecular complexity index is 2760. The molecular formula is C47H62FN11O11S. The molecule has 14 N–H and O–H groups in total. The van der Waals surface area contributed by atoms with E-state index >= 15 is 4.39 Å². The van der Waals surface area contributed by atoms with Crippen molar-refractivity contribution in [2.24, 2.45) is 16.6 Å². The molecule has 0 spiro atoms. The van der Waals surface area contributed by atoms with Gasteiger partial charge in [-0.3, -0.25) is 19.2 Å². The fourth-order valence-corrected chi connectivity index (χ4v) is 8.03. The molecule has 71 heavy (non-hydrogen) atoms. The van der Waals surface area contributed by atoms with E-state index in [1.165, 1.54) is 44.2 Å². The average Bonchev–Trinajstić information content (AvgIpc) is 3.30. The van der Waals surface area contributed by atoms with Crippen molar-refractivity contribution in [2.45, 2.75) is 89.9 Å². The number of carbonyl (C=O) groups excluding carboxylic acids is 4. The van der Waals surface area contributed by atoms with Gasteiger partial charge in [-0.2, -0.15) is 13.1 Å². The summed E-state index contributed by atoms with van der Waals surface area (Å²) in [6.45, 7) is 8.29. The van der Waals surface area contributed by atoms with Crippen LogP contribution in [0.5, 0.6) is 17.2 Å². The third-order valence-corrected chi connectivity index (χ3v) is 12.6. The second-order valence-electron chi connectivity index (χ2n) is 17.7. The van der Waals surface area contributed by atoms with E-state index in [0.717, 1.165) is 23.9 Å². The summed E-state index contributed by atoms with van der Waals surface area (Å²) in [4.78, 5) is 79.1. The van der Waals surface area contributed by atoms with Crippen molar-refractivity contribution in [2.75, 3.05) is 45.6 Å². The molecular weight excluding hydrogens is 946 g/mol. The van der Waals surface area contributed by atoms with Crippen LogP contribution in [0, 0.1) is 12.7 Å². The predicted molar refractivity (Wildman–Crippen MR) is 261 cm³/mol. The van der Waals surface area contributed by atoms with Crippen LogP contribution >= 0.6 is 0 Å². The summed E-state index contributed by atoms with van der Waals surface area (Å²) in [5, 5.41) is 34.7. The van der Waals surface area contributed by atoms with Crippen molar-refractivity contribution < 1.29 is 56.5 Å². The van der Waals surface area contributed by atoms with Crippen molar-refractivity contribution in [3.05, 3.63) is 82.3 Å². The van der Waals surface area contributed by atoms with E-state index in [0.29, 0.717) is 18.4 Å². The number of rotatable bonds is 19. The number of amides is 4. The number of phenolic OH excluding ortho intramolecular Hbond substituents is 1. The van der Waals surface area contributed by atoms with Crippen LogP contribution in [0.4, 0.5) is 10.2 Å². The van der Waals surface area contributed by atoms with Gasteiger partial charge in [0.2, 0.25) is 17.7 Å². The Labute approximate surface area is 410 Å². The van der Waals surface area contributed by atoms with Crippen LogP contribution in [0.15, 0.2) is 48.5 Å². The Morgan fingerprint density at radius 1 is 0.958 bits per heavy atom. The number of benzene rings is 3. The number of aromatic hydroxyl groups is 1. The number of fused-ring (bicyclic) bond motifs is 5. The second kappa shape index (κ2) is 23.3. The van der Waals surface area contributed by atoms with Gasteiger partial charge in [-0.25, -0.2) is 24.3 Å². The first-order valence-corrected chi connectivity index (χ1v) is 24.2. The molecule has 0 saturated heterocycles. The fraction of sp³-hybridized carbons (Fsp3) is 0.426. The van der Waals surface area contributed by atoms with Gasteiger partial charge in [0.25, 0.3) is 16.1 Å². The molecule has 0 radical (unpaired) electrons. The number of carboxylic acid groups (broad SMARTS) is 1. The van der Waals surface area contributed by atoms with E-state index < -0.39 is 87.9 Å². The van der Waals surface area contributed by atoms with Gasteiger partial charge < -0.3 is 57.7 Å². The highest BCUT2D eigenvalue weighted by Gasteiger charge is 2.38. The maximum atomic E-state index is 15.6. The highest BCUT2D eigenvalue weighted by atomic mass is 32.2. The molecule has 1 aliphatic heterocycles. The molecule has 2 heterocycles. The lowest BCUT2D eigenvalue weighted by Gasteiger charge is -2.33. The molecule has 4 atom stereocenters. The molecule has 5 rings (SSSR count). The Morgan fingerprint density at radius 3 is 2.21 bits per heavy atom. The lowest BCUT2D eigenvalue weighted by Crippen LogP contribution is -2.57. The van der Waals surface area contributed by atoms with Gasteiger partial charge in [0.1, 0.15) is 47.1 Å². The number of nitrogens with two attached hydrogens (primary N) is 4. The number of carbonyl (C=O) groups is 5. The lowest BCUT2D eigenvalue weighted by atomic mass is 9.82. The molecule has 0 unspecified atom stereocenters. The SMILES string of the molecule is CCC(C)(C)c1ccc(-c2nc(C)c(C(=O)N[C@@H](CNS(N)(=O)=O)C(=O)N(C)[C@@H]3C(=O)N[C@@H](C)C(=O)N[C@H](C(=O)O)Cc4ccc(OCCCN)c(c4)-c4cc3cc(OCCCN)c4O)c(N)n2)c(F)c1. The molecule has 3 aromatic carbocycles. The molecule has 1 aliphatic rings. The predicted octanol–water partition coefficient (Wildman–Crippen LogP) is 1.41. The van der Waals surface area contributed by atoms with Crippen LogP contribution in [0.3, 0.4) is 0 Å². The first-order chi connectivity index (χ1) is 33.4. The third kappa shape index (κ3) is 13.5. The Kier molecular flexibility index (Phi) is 18.0. The van der Waals surface area contributed by atoms with Crippen molar-refractivity contribution in [3.8, 4) is 39.8 Å². The minimum absolute atomic E-state index is 0.00203. The molecule has 1 aromatic heterocycles. The minimum atomic E-state index is -4.54. The Morgan fingerprint density at radius 2 is 1.62 bits per heavy atom. The number of aryl methyl sites for hydroxylation is 1. The second-order valence-corrected chi connectivity index (χ2v) is 19.0. The molecule has 0 saturated carbocycles. The smallest absolute Gasteiger partial charge is 0.326 e. The normalized spacial score (nSPS) is 16.7. The highest BCUT2D eigenvalue weighted by molar-refractivity contribution is 7.87. The lowest BCUT2D eigenvalue weighted by molar-refractivity contribution is -0.143. The Hall–Kier alpha value is -6.99. The first kappa shape index (κ1) is 54.9. The summed E-state index contributed by atoms with van der Waals surface area (Å²) in [5.41, 5.74) is 18.3. The summed E-state index contributed by atoms with van der Waals surface area (Å²) in [6.07, 6.45) is 1.25. The fourth-order valence-electron chi connectivity index (χ4n) is 7.64. The van der Waals surface area contributed by atoms with Gasteiger partial charge >= 0.3 is 5.97 Å². The van der Waals surface area contributed by atoms with Gasteiger partial charge in [-0.15, -0.1) is 0 Å². The summed E-state index contributed by atoms with van der Waals surface area (Å²) in [5.74, 6) is -7.13. The van der Waals surface area contributed by atoms with Gasteiger partial charge in [-0.1, -0.05) is 32.9 Å². The highest BCUT2D eigenvalue weighted by Crippen LogP contribution is 2.45. The molecule has 4 amide bonds. The number of ether oxygens (including phenoxy) is 2. The molecule has 384 valence electrons. The number of nitrogens with one attached hydrogen (secondary N) is 4. The van der Waals surface area contributed by atoms with Crippen LogP contribution in [0.2, 0.25) is 0 Å². The van der Waals surface area contributed by atoms with Gasteiger partial charge in [0.05, 0.1) is 24.5 Å². The van der Waals surface area contributed by atoms with Crippen molar-refractivity contribution in [1.29, 1.82) is 0 Å². The zero-order chi connectivity index (χ0) is 52.5. The Balaban J connectivity index is 1.65. The maximum absolute atomic E-state index is 15.6. The van der Waals surface area contributed by atoms with E-state index in [1.54, 1.807) is 18.2 Å². The van der Waals surface area contributed by atoms with Crippen molar-refractivity contribution in [3.63, 3.8) is 0 Å². The largest absolute Gasteiger partial charge is 0.504 e. The number of anilines is 1. The van der Waals surface area contributed by atoms with Gasteiger partial charge in [0, 0.05) is 31.1 Å². The van der Waals surface area contributed by atoms with E-state index in [1.807, 2.05) is 25.5 Å². The first-order valence-electron chi connectivity index (χ1n) is 22.7. The van der Waals surface area contributed by atoms with Crippen LogP contribution in [0.1, 0.15) is 85.7 Å². The zero-order valence-electron chi connectivity index (χ0n) is 40.3. The summed E-state index contributed by atoms with van der Waals surface area (Å²) >= 11 is 0. The average molecular weight is 1010 g/mol. The summed E-state index contributed by atoms with van der Waals surface area (Å²) in [6, 6.07) is 5.33. The molecule has 0 fully saturated rings. The van der Waals surface area contributed by atoms with Crippen LogP contribution in [0.25, 0.3) is 22.5 Å². The molecule has 4 bridgehead atoms. The standard InChI is InChI=1S/C47H62FN11O11S/c1-7-47(4,5)28-11-12-29(32(48)22-28)41-54-24(2)37(40(51)58-41)43(62)57-34(23-53-71(52,67)68)45(64)59(6)38-27-20-31(39(60)36(21-27)70-17-9-15-50)30-18-26(10-13-35(30)69-16-8-14-49)19-33(46(65)66)56-42(61)25(3)55-44(38)63/h10-13,18,20-22,25,33-34,38,53,60H,7-9,14-17,19,23,49-50H2,1-6H3,(H,55,63)(H,56,61)(H,57,62)(H,65,66)(H2,51,54,58)(H2,52,67,68)/t25-,33-,34-,38-/m0/s1.